The van der Waals surface area contributed by atoms with Crippen LogP contribution in [0.5, 0.6) is 0 Å². The molecule has 1 saturated heterocycles. The summed E-state index contributed by atoms with van der Waals surface area (Å²) in [5, 5.41) is 0.0937. The summed E-state index contributed by atoms with van der Waals surface area (Å²) >= 11 is 0. The van der Waals surface area contributed by atoms with E-state index in [1.807, 2.05) is 6.07 Å². The van der Waals surface area contributed by atoms with Crippen molar-refractivity contribution in [3.05, 3.63) is 48.4 Å². The first-order chi connectivity index (χ1) is 12.0. The standard InChI is InChI=1S/C18H26N4O2S/c1-21-14-18(19-15-21)25(23,24)20-17-10-6-12-22(13-17)11-5-9-16-7-3-2-4-8-16/h2-4,7-8,14-15,17,20H,5-6,9-13H2,1H3. The summed E-state index contributed by atoms with van der Waals surface area (Å²) in [7, 11) is -1.77. The second kappa shape index (κ2) is 8.12. The Hall–Kier alpha value is -1.70. The first-order valence-electron chi connectivity index (χ1n) is 8.79. The van der Waals surface area contributed by atoms with E-state index in [9.17, 15) is 8.42 Å². The van der Waals surface area contributed by atoms with Crippen LogP contribution in [0.1, 0.15) is 24.8 Å². The summed E-state index contributed by atoms with van der Waals surface area (Å²) in [4.78, 5) is 6.31. The van der Waals surface area contributed by atoms with Gasteiger partial charge in [0.25, 0.3) is 10.0 Å². The lowest BCUT2D eigenvalue weighted by Gasteiger charge is -2.32. The molecule has 1 aliphatic heterocycles. The van der Waals surface area contributed by atoms with Gasteiger partial charge in [-0.2, -0.15) is 0 Å². The number of aromatic nitrogens is 2. The van der Waals surface area contributed by atoms with E-state index < -0.39 is 10.0 Å². The van der Waals surface area contributed by atoms with Gasteiger partial charge in [-0.1, -0.05) is 30.3 Å². The number of benzene rings is 1. The average Bonchev–Trinajstić information content (AvgIpc) is 3.03. The molecule has 136 valence electrons. The quantitative estimate of drug-likeness (QED) is 0.815. The first kappa shape index (κ1) is 18.1. The smallest absolute Gasteiger partial charge is 0.259 e. The topological polar surface area (TPSA) is 67.2 Å². The highest BCUT2D eigenvalue weighted by molar-refractivity contribution is 7.89. The number of nitrogens with one attached hydrogen (secondary N) is 1. The molecular formula is C18H26N4O2S. The number of nitrogens with zero attached hydrogens (tertiary/aromatic N) is 3. The maximum atomic E-state index is 12.4. The summed E-state index contributed by atoms with van der Waals surface area (Å²) in [5.41, 5.74) is 1.35. The van der Waals surface area contributed by atoms with Gasteiger partial charge in [-0.05, 0) is 44.3 Å². The third kappa shape index (κ3) is 5.14. The van der Waals surface area contributed by atoms with Crippen molar-refractivity contribution in [2.45, 2.75) is 36.8 Å². The Morgan fingerprint density at radius 1 is 1.28 bits per heavy atom. The summed E-state index contributed by atoms with van der Waals surface area (Å²) in [6, 6.07) is 10.4. The monoisotopic (exact) mass is 362 g/mol. The van der Waals surface area contributed by atoms with E-state index in [0.29, 0.717) is 0 Å². The number of hydrogen-bond acceptors (Lipinski definition) is 4. The number of aryl methyl sites for hydroxylation is 2. The van der Waals surface area contributed by atoms with Crippen LogP contribution < -0.4 is 4.72 Å². The van der Waals surface area contributed by atoms with Gasteiger partial charge in [0.05, 0.1) is 6.33 Å². The zero-order chi connectivity index (χ0) is 17.7. The van der Waals surface area contributed by atoms with Crippen LogP contribution in [0.2, 0.25) is 0 Å². The van der Waals surface area contributed by atoms with Crippen LogP contribution in [0.15, 0.2) is 47.9 Å². The minimum Gasteiger partial charge on any atom is -0.339 e. The van der Waals surface area contributed by atoms with Gasteiger partial charge in [-0.25, -0.2) is 18.1 Å². The molecule has 3 rings (SSSR count). The number of hydrogen-bond donors (Lipinski definition) is 1. The maximum Gasteiger partial charge on any atom is 0.259 e. The van der Waals surface area contributed by atoms with Crippen LogP contribution in [0.3, 0.4) is 0 Å². The van der Waals surface area contributed by atoms with E-state index in [4.69, 9.17) is 0 Å². The highest BCUT2D eigenvalue weighted by Gasteiger charge is 2.26. The van der Waals surface area contributed by atoms with Gasteiger partial charge < -0.3 is 9.47 Å². The van der Waals surface area contributed by atoms with E-state index in [-0.39, 0.29) is 11.1 Å². The second-order valence-electron chi connectivity index (χ2n) is 6.73. The van der Waals surface area contributed by atoms with Crippen molar-refractivity contribution in [2.24, 2.45) is 7.05 Å². The van der Waals surface area contributed by atoms with Crippen LogP contribution in [0.4, 0.5) is 0 Å². The fourth-order valence-electron chi connectivity index (χ4n) is 3.31. The number of piperidine rings is 1. The van der Waals surface area contributed by atoms with E-state index in [1.165, 1.54) is 18.1 Å². The van der Waals surface area contributed by atoms with Crippen molar-refractivity contribution in [3.63, 3.8) is 0 Å². The summed E-state index contributed by atoms with van der Waals surface area (Å²) in [6.07, 6.45) is 7.07. The molecule has 6 nitrogen and oxygen atoms in total. The van der Waals surface area contributed by atoms with Gasteiger partial charge in [-0.3, -0.25) is 0 Å². The summed E-state index contributed by atoms with van der Waals surface area (Å²) < 4.78 is 29.3. The van der Waals surface area contributed by atoms with Crippen molar-refractivity contribution >= 4 is 10.0 Å². The highest BCUT2D eigenvalue weighted by Crippen LogP contribution is 2.14. The lowest BCUT2D eigenvalue weighted by atomic mass is 10.1. The third-order valence-electron chi connectivity index (χ3n) is 4.57. The molecule has 1 N–H and O–H groups in total. The Bertz CT molecular complexity index is 773. The fraction of sp³-hybridized carbons (Fsp3) is 0.500. The SMILES string of the molecule is Cn1cnc(S(=O)(=O)NC2CCCN(CCCc3ccccc3)C2)c1. The molecule has 7 heteroatoms. The Kier molecular flexibility index (Phi) is 5.88. The molecule has 0 amide bonds. The molecule has 1 atom stereocenters. The third-order valence-corrected chi connectivity index (χ3v) is 5.97. The van der Waals surface area contributed by atoms with Gasteiger partial charge in [0, 0.05) is 25.8 Å². The minimum atomic E-state index is -3.53. The van der Waals surface area contributed by atoms with Crippen LogP contribution >= 0.6 is 0 Å². The molecule has 2 heterocycles. The van der Waals surface area contributed by atoms with Gasteiger partial charge >= 0.3 is 0 Å². The minimum absolute atomic E-state index is 0.0440. The van der Waals surface area contributed by atoms with Gasteiger partial charge in [0.15, 0.2) is 5.03 Å². The normalized spacial score (nSPS) is 19.2. The van der Waals surface area contributed by atoms with Crippen LogP contribution in [-0.4, -0.2) is 48.5 Å². The predicted octanol–water partition coefficient (Wildman–Crippen LogP) is 1.80. The molecule has 25 heavy (non-hydrogen) atoms. The molecule has 1 aromatic heterocycles. The Labute approximate surface area is 149 Å². The maximum absolute atomic E-state index is 12.4. The van der Waals surface area contributed by atoms with Crippen LogP contribution in [0, 0.1) is 0 Å². The highest BCUT2D eigenvalue weighted by atomic mass is 32.2. The molecule has 1 fully saturated rings. The molecular weight excluding hydrogens is 336 g/mol. The molecule has 2 aromatic rings. The molecule has 0 saturated carbocycles. The van der Waals surface area contributed by atoms with Gasteiger partial charge in [0.2, 0.25) is 0 Å². The molecule has 1 unspecified atom stereocenters. The van der Waals surface area contributed by atoms with Crippen LogP contribution in [-0.2, 0) is 23.5 Å². The lowest BCUT2D eigenvalue weighted by molar-refractivity contribution is 0.200. The van der Waals surface area contributed by atoms with Gasteiger partial charge in [0.1, 0.15) is 0 Å². The van der Waals surface area contributed by atoms with E-state index in [0.717, 1.165) is 45.3 Å². The Morgan fingerprint density at radius 2 is 2.08 bits per heavy atom. The zero-order valence-corrected chi connectivity index (χ0v) is 15.5. The average molecular weight is 362 g/mol. The van der Waals surface area contributed by atoms with Gasteiger partial charge in [-0.15, -0.1) is 0 Å². The fourth-order valence-corrected chi connectivity index (χ4v) is 4.56. The van der Waals surface area contributed by atoms with Crippen LogP contribution in [0.25, 0.3) is 0 Å². The summed E-state index contributed by atoms with van der Waals surface area (Å²) in [5.74, 6) is 0. The largest absolute Gasteiger partial charge is 0.339 e. The molecule has 0 aliphatic carbocycles. The van der Waals surface area contributed by atoms with Crippen molar-refractivity contribution in [3.8, 4) is 0 Å². The molecule has 0 spiro atoms. The van der Waals surface area contributed by atoms with E-state index in [2.05, 4.69) is 38.9 Å². The van der Waals surface area contributed by atoms with E-state index in [1.54, 1.807) is 11.6 Å². The van der Waals surface area contributed by atoms with Crippen molar-refractivity contribution in [1.82, 2.24) is 19.2 Å². The summed E-state index contributed by atoms with van der Waals surface area (Å²) in [6.45, 7) is 2.80. The zero-order valence-electron chi connectivity index (χ0n) is 14.6. The number of sulfonamides is 1. The molecule has 1 aromatic carbocycles. The van der Waals surface area contributed by atoms with E-state index >= 15 is 0 Å². The molecule has 1 aliphatic rings. The van der Waals surface area contributed by atoms with Crippen molar-refractivity contribution < 1.29 is 8.42 Å². The van der Waals surface area contributed by atoms with Crippen molar-refractivity contribution in [1.29, 1.82) is 0 Å². The second-order valence-corrected chi connectivity index (χ2v) is 8.39. The number of rotatable bonds is 7. The predicted molar refractivity (Wildman–Crippen MR) is 97.8 cm³/mol. The number of likely N-dealkylation sites (tertiary alicyclic amines) is 1. The Morgan fingerprint density at radius 3 is 2.80 bits per heavy atom. The number of imidazole rings is 1. The lowest BCUT2D eigenvalue weighted by Crippen LogP contribution is -2.47. The van der Waals surface area contributed by atoms with Crippen molar-refractivity contribution in [2.75, 3.05) is 19.6 Å². The molecule has 0 radical (unpaired) electrons. The first-order valence-corrected chi connectivity index (χ1v) is 10.3. The Balaban J connectivity index is 1.49. The molecule has 0 bridgehead atoms.